The van der Waals surface area contributed by atoms with Crippen LogP contribution in [0.2, 0.25) is 0 Å². The van der Waals surface area contributed by atoms with Crippen molar-refractivity contribution in [2.45, 2.75) is 0 Å². The second-order valence-electron chi connectivity index (χ2n) is 2.54. The molecule has 0 saturated carbocycles. The number of piperazine rings is 1. The molecule has 0 bridgehead atoms. The molecular weight excluding hydrogens is 135 g/mol. The molecule has 4 heteroatoms. The number of rotatable bonds is 0. The van der Waals surface area contributed by atoms with Crippen molar-refractivity contribution in [2.24, 2.45) is 0 Å². The Kier molecular flexibility index (Phi) is 2.21. The number of carbonyl (C=O) groups is 1. The lowest BCUT2D eigenvalue weighted by Crippen LogP contribution is -2.45. The van der Waals surface area contributed by atoms with Crippen molar-refractivity contribution in [3.63, 3.8) is 0 Å². The van der Waals surface area contributed by atoms with Gasteiger partial charge in [-0.3, -0.25) is 0 Å². The number of likely N-dealkylation sites (N-methyl/N-ethyl adjacent to an activating group) is 1. The summed E-state index contributed by atoms with van der Waals surface area (Å²) in [5.41, 5.74) is 0. The zero-order valence-electron chi connectivity index (χ0n) is 6.01. The van der Waals surface area contributed by atoms with E-state index in [2.05, 4.69) is 4.90 Å². The molecule has 3 nitrogen and oxygen atoms in total. The normalized spacial score (nSPS) is 21.2. The SMILES string of the molecule is CN1CCN(C(=O)F)CC1. The van der Waals surface area contributed by atoms with E-state index in [-0.39, 0.29) is 0 Å². The molecule has 0 N–H and O–H groups in total. The van der Waals surface area contributed by atoms with Gasteiger partial charge in [-0.1, -0.05) is 0 Å². The van der Waals surface area contributed by atoms with Crippen LogP contribution in [0.5, 0.6) is 0 Å². The number of halogens is 1. The quantitative estimate of drug-likeness (QED) is 0.363. The maximum Gasteiger partial charge on any atom is 0.400 e. The van der Waals surface area contributed by atoms with Crippen LogP contribution in [0.1, 0.15) is 0 Å². The lowest BCUT2D eigenvalue weighted by atomic mass is 10.3. The van der Waals surface area contributed by atoms with Crippen molar-refractivity contribution in [2.75, 3.05) is 33.2 Å². The Balaban J connectivity index is 2.33. The molecule has 58 valence electrons. The molecule has 1 fully saturated rings. The highest BCUT2D eigenvalue weighted by molar-refractivity contribution is 5.66. The number of hydrogen-bond donors (Lipinski definition) is 0. The van der Waals surface area contributed by atoms with Gasteiger partial charge in [0.15, 0.2) is 0 Å². The summed E-state index contributed by atoms with van der Waals surface area (Å²) in [6, 6.07) is 0. The minimum atomic E-state index is -1.30. The van der Waals surface area contributed by atoms with Crippen molar-refractivity contribution in [3.8, 4) is 0 Å². The van der Waals surface area contributed by atoms with Crippen LogP contribution in [-0.2, 0) is 0 Å². The van der Waals surface area contributed by atoms with Crippen LogP contribution in [0.25, 0.3) is 0 Å². The van der Waals surface area contributed by atoms with E-state index in [9.17, 15) is 9.18 Å². The Hall–Kier alpha value is -0.640. The average Bonchev–Trinajstić information content (AvgIpc) is 1.88. The molecule has 0 atom stereocenters. The van der Waals surface area contributed by atoms with Crippen molar-refractivity contribution >= 4 is 6.16 Å². The minimum Gasteiger partial charge on any atom is -0.312 e. The summed E-state index contributed by atoms with van der Waals surface area (Å²) in [7, 11) is 1.96. The van der Waals surface area contributed by atoms with E-state index in [1.54, 1.807) is 0 Å². The second-order valence-corrected chi connectivity index (χ2v) is 2.54. The first-order valence-electron chi connectivity index (χ1n) is 3.33. The molecule has 0 aliphatic carbocycles. The van der Waals surface area contributed by atoms with Gasteiger partial charge in [0.05, 0.1) is 0 Å². The molecule has 1 aliphatic heterocycles. The van der Waals surface area contributed by atoms with Crippen molar-refractivity contribution in [1.82, 2.24) is 9.80 Å². The summed E-state index contributed by atoms with van der Waals surface area (Å²) in [5, 5.41) is 0. The van der Waals surface area contributed by atoms with Crippen LogP contribution in [0.4, 0.5) is 9.18 Å². The van der Waals surface area contributed by atoms with Crippen molar-refractivity contribution in [3.05, 3.63) is 0 Å². The van der Waals surface area contributed by atoms with Gasteiger partial charge in [-0.05, 0) is 7.05 Å². The largest absolute Gasteiger partial charge is 0.400 e. The number of nitrogens with zero attached hydrogens (tertiary/aromatic N) is 2. The van der Waals surface area contributed by atoms with Gasteiger partial charge < -0.3 is 9.80 Å². The predicted octanol–water partition coefficient (Wildman–Crippen LogP) is 0.323. The maximum atomic E-state index is 12.0. The Morgan fingerprint density at radius 3 is 2.20 bits per heavy atom. The smallest absolute Gasteiger partial charge is 0.312 e. The summed E-state index contributed by atoms with van der Waals surface area (Å²) in [6.07, 6.45) is -1.30. The van der Waals surface area contributed by atoms with E-state index >= 15 is 0 Å². The van der Waals surface area contributed by atoms with E-state index in [0.717, 1.165) is 13.1 Å². The van der Waals surface area contributed by atoms with Gasteiger partial charge in [-0.2, -0.15) is 0 Å². The molecule has 0 aromatic carbocycles. The maximum absolute atomic E-state index is 12.0. The Morgan fingerprint density at radius 2 is 1.80 bits per heavy atom. The molecule has 1 rings (SSSR count). The zero-order chi connectivity index (χ0) is 7.56. The molecule has 0 aromatic heterocycles. The molecule has 1 aliphatic rings. The fourth-order valence-electron chi connectivity index (χ4n) is 0.982. The summed E-state index contributed by atoms with van der Waals surface area (Å²) in [4.78, 5) is 13.4. The Bertz CT molecular complexity index is 132. The highest BCUT2D eigenvalue weighted by Gasteiger charge is 2.17. The van der Waals surface area contributed by atoms with Crippen molar-refractivity contribution < 1.29 is 9.18 Å². The third-order valence-corrected chi connectivity index (χ3v) is 1.75. The van der Waals surface area contributed by atoms with Gasteiger partial charge in [0.1, 0.15) is 0 Å². The average molecular weight is 146 g/mol. The van der Waals surface area contributed by atoms with Crippen LogP contribution in [-0.4, -0.2) is 49.2 Å². The van der Waals surface area contributed by atoms with Crippen LogP contribution in [0.3, 0.4) is 0 Å². The Labute approximate surface area is 59.4 Å². The molecule has 0 radical (unpaired) electrons. The van der Waals surface area contributed by atoms with Gasteiger partial charge in [0.25, 0.3) is 0 Å². The molecular formula is C6H11FN2O. The van der Waals surface area contributed by atoms with Crippen LogP contribution in [0, 0.1) is 0 Å². The molecule has 0 unspecified atom stereocenters. The monoisotopic (exact) mass is 146 g/mol. The highest BCUT2D eigenvalue weighted by atomic mass is 19.1. The lowest BCUT2D eigenvalue weighted by Gasteiger charge is -2.29. The molecule has 0 spiro atoms. The van der Waals surface area contributed by atoms with Gasteiger partial charge in [-0.15, -0.1) is 4.39 Å². The number of carbonyl (C=O) groups excluding carboxylic acids is 1. The molecule has 10 heavy (non-hydrogen) atoms. The third-order valence-electron chi connectivity index (χ3n) is 1.75. The van der Waals surface area contributed by atoms with Crippen molar-refractivity contribution in [1.29, 1.82) is 0 Å². The number of amides is 1. The van der Waals surface area contributed by atoms with Gasteiger partial charge in [0, 0.05) is 26.2 Å². The summed E-state index contributed by atoms with van der Waals surface area (Å²) in [6.45, 7) is 2.59. The van der Waals surface area contributed by atoms with E-state index in [1.807, 2.05) is 7.05 Å². The molecule has 1 saturated heterocycles. The van der Waals surface area contributed by atoms with Crippen LogP contribution >= 0.6 is 0 Å². The Morgan fingerprint density at radius 1 is 1.30 bits per heavy atom. The first kappa shape index (κ1) is 7.47. The van der Waals surface area contributed by atoms with E-state index in [1.165, 1.54) is 4.90 Å². The topological polar surface area (TPSA) is 23.6 Å². The second kappa shape index (κ2) is 2.96. The summed E-state index contributed by atoms with van der Waals surface area (Å²) in [5.74, 6) is 0. The molecule has 1 amide bonds. The van der Waals surface area contributed by atoms with Gasteiger partial charge in [-0.25, -0.2) is 4.79 Å². The number of hydrogen-bond acceptors (Lipinski definition) is 2. The van der Waals surface area contributed by atoms with Crippen LogP contribution in [0.15, 0.2) is 0 Å². The lowest BCUT2D eigenvalue weighted by molar-refractivity contribution is 0.137. The van der Waals surface area contributed by atoms with Crippen LogP contribution < -0.4 is 0 Å². The standard InChI is InChI=1S/C6H11FN2O/c1-8-2-4-9(5-3-8)6(7)10/h2-5H2,1H3. The summed E-state index contributed by atoms with van der Waals surface area (Å²) < 4.78 is 12.0. The molecule has 0 aromatic rings. The van der Waals surface area contributed by atoms with Gasteiger partial charge >= 0.3 is 6.16 Å². The third kappa shape index (κ3) is 1.67. The minimum absolute atomic E-state index is 0.520. The van der Waals surface area contributed by atoms with E-state index in [0.29, 0.717) is 13.1 Å². The molecule has 1 heterocycles. The summed E-state index contributed by atoms with van der Waals surface area (Å²) >= 11 is 0. The van der Waals surface area contributed by atoms with Gasteiger partial charge in [0.2, 0.25) is 0 Å². The first-order valence-corrected chi connectivity index (χ1v) is 3.33. The van der Waals surface area contributed by atoms with E-state index < -0.39 is 6.16 Å². The first-order chi connectivity index (χ1) is 4.70. The van der Waals surface area contributed by atoms with E-state index in [4.69, 9.17) is 0 Å². The fraction of sp³-hybridized carbons (Fsp3) is 0.833. The fourth-order valence-corrected chi connectivity index (χ4v) is 0.982. The predicted molar refractivity (Wildman–Crippen MR) is 35.6 cm³/mol. The highest BCUT2D eigenvalue weighted by Crippen LogP contribution is 2.00. The zero-order valence-corrected chi connectivity index (χ0v) is 6.01.